The zero-order valence-corrected chi connectivity index (χ0v) is 13.5. The fourth-order valence-corrected chi connectivity index (χ4v) is 2.99. The molecule has 1 unspecified atom stereocenters. The summed E-state index contributed by atoms with van der Waals surface area (Å²) in [7, 11) is -1.10. The van der Waals surface area contributed by atoms with Crippen molar-refractivity contribution in [2.24, 2.45) is 10.9 Å². The normalized spacial score (nSPS) is 19.6. The number of aliphatic imine (C=N–C) groups is 1. The quantitative estimate of drug-likeness (QED) is 0.478. The first-order valence-electron chi connectivity index (χ1n) is 7.10. The van der Waals surface area contributed by atoms with Crippen molar-refractivity contribution >= 4 is 21.1 Å². The van der Waals surface area contributed by atoms with Gasteiger partial charge in [0, 0.05) is 13.1 Å². The van der Waals surface area contributed by atoms with E-state index in [4.69, 9.17) is 4.43 Å². The lowest BCUT2D eigenvalue weighted by Crippen LogP contribution is -2.17. The highest BCUT2D eigenvalue weighted by molar-refractivity contribution is 6.49. The molecule has 19 heavy (non-hydrogen) atoms. The van der Waals surface area contributed by atoms with E-state index in [1.807, 2.05) is 6.34 Å². The summed E-state index contributed by atoms with van der Waals surface area (Å²) >= 11 is 0. The molecule has 1 aliphatic heterocycles. The van der Waals surface area contributed by atoms with Gasteiger partial charge in [0.05, 0.1) is 6.34 Å². The average molecular weight is 276 g/mol. The number of hydrogen-bond acceptors (Lipinski definition) is 2. The summed E-state index contributed by atoms with van der Waals surface area (Å²) in [4.78, 5) is 6.91. The molecule has 3 nitrogen and oxygen atoms in total. The molecule has 1 aliphatic rings. The summed E-state index contributed by atoms with van der Waals surface area (Å²) in [5, 5.41) is 0. The van der Waals surface area contributed by atoms with Gasteiger partial charge in [0.25, 0.3) is 0 Å². The lowest BCUT2D eigenvalue weighted by atomic mass is 10.2. The van der Waals surface area contributed by atoms with Crippen LogP contribution >= 0.6 is 0 Å². The topological polar surface area (TPSA) is 24.8 Å². The first-order valence-corrected chi connectivity index (χ1v) is 9.88. The summed E-state index contributed by atoms with van der Waals surface area (Å²) in [6, 6.07) is 6.23. The van der Waals surface area contributed by atoms with Crippen LogP contribution in [0.3, 0.4) is 0 Å². The third kappa shape index (κ3) is 4.09. The molecule has 1 aromatic rings. The SMILES string of the molecule is Cc1ccc(N=CN2CCC(C)C2)c(O[SiH](C)C)c1. The van der Waals surface area contributed by atoms with E-state index in [0.717, 1.165) is 30.4 Å². The van der Waals surface area contributed by atoms with Gasteiger partial charge in [-0.15, -0.1) is 0 Å². The molecule has 0 spiro atoms. The van der Waals surface area contributed by atoms with Crippen molar-refractivity contribution in [3.05, 3.63) is 23.8 Å². The molecule has 0 N–H and O–H groups in total. The Morgan fingerprint density at radius 2 is 2.21 bits per heavy atom. The molecule has 0 amide bonds. The lowest BCUT2D eigenvalue weighted by molar-refractivity contribution is 0.507. The van der Waals surface area contributed by atoms with E-state index in [0.29, 0.717) is 0 Å². The van der Waals surface area contributed by atoms with E-state index in [-0.39, 0.29) is 0 Å². The van der Waals surface area contributed by atoms with Crippen molar-refractivity contribution in [2.45, 2.75) is 33.4 Å². The van der Waals surface area contributed by atoms with E-state index in [2.05, 4.69) is 55.0 Å². The van der Waals surface area contributed by atoms with Gasteiger partial charge in [0.2, 0.25) is 9.04 Å². The van der Waals surface area contributed by atoms with Crippen LogP contribution in [0.4, 0.5) is 5.69 Å². The van der Waals surface area contributed by atoms with Gasteiger partial charge in [-0.2, -0.15) is 0 Å². The second kappa shape index (κ2) is 6.24. The monoisotopic (exact) mass is 276 g/mol. The maximum atomic E-state index is 5.97. The van der Waals surface area contributed by atoms with Crippen LogP contribution in [-0.4, -0.2) is 33.4 Å². The summed E-state index contributed by atoms with van der Waals surface area (Å²) in [6.45, 7) is 11.0. The molecular weight excluding hydrogens is 252 g/mol. The van der Waals surface area contributed by atoms with Gasteiger partial charge >= 0.3 is 0 Å². The van der Waals surface area contributed by atoms with E-state index in [1.165, 1.54) is 12.0 Å². The van der Waals surface area contributed by atoms with Crippen LogP contribution in [0, 0.1) is 12.8 Å². The van der Waals surface area contributed by atoms with Crippen LogP contribution in [0.25, 0.3) is 0 Å². The average Bonchev–Trinajstić information content (AvgIpc) is 2.73. The second-order valence-corrected chi connectivity index (χ2v) is 8.10. The minimum Gasteiger partial charge on any atom is -0.546 e. The van der Waals surface area contributed by atoms with E-state index < -0.39 is 9.04 Å². The Balaban J connectivity index is 2.12. The third-order valence-corrected chi connectivity index (χ3v) is 4.02. The van der Waals surface area contributed by atoms with Gasteiger partial charge in [0.15, 0.2) is 0 Å². The Labute approximate surface area is 118 Å². The number of hydrogen-bond donors (Lipinski definition) is 0. The molecule has 1 aromatic carbocycles. The molecule has 1 heterocycles. The molecule has 1 saturated heterocycles. The predicted octanol–water partition coefficient (Wildman–Crippen LogP) is 3.36. The zero-order valence-electron chi connectivity index (χ0n) is 12.4. The van der Waals surface area contributed by atoms with E-state index >= 15 is 0 Å². The zero-order chi connectivity index (χ0) is 13.8. The Bertz CT molecular complexity index is 459. The molecule has 4 heteroatoms. The van der Waals surface area contributed by atoms with Crippen LogP contribution in [0.15, 0.2) is 23.2 Å². The van der Waals surface area contributed by atoms with Crippen molar-refractivity contribution in [2.75, 3.05) is 13.1 Å². The number of aryl methyl sites for hydroxylation is 1. The molecule has 0 radical (unpaired) electrons. The Hall–Kier alpha value is -1.29. The van der Waals surface area contributed by atoms with Crippen molar-refractivity contribution < 1.29 is 4.43 Å². The molecule has 2 rings (SSSR count). The lowest BCUT2D eigenvalue weighted by Gasteiger charge is -2.14. The third-order valence-electron chi connectivity index (χ3n) is 3.29. The molecule has 0 aromatic heterocycles. The summed E-state index contributed by atoms with van der Waals surface area (Å²) in [5.41, 5.74) is 2.17. The molecule has 0 aliphatic carbocycles. The van der Waals surface area contributed by atoms with Gasteiger partial charge < -0.3 is 9.33 Å². The predicted molar refractivity (Wildman–Crippen MR) is 84.2 cm³/mol. The van der Waals surface area contributed by atoms with Gasteiger partial charge in [-0.3, -0.25) is 0 Å². The molecule has 1 fully saturated rings. The van der Waals surface area contributed by atoms with Gasteiger partial charge in [-0.25, -0.2) is 4.99 Å². The molecular formula is C15H24N2OSi. The maximum Gasteiger partial charge on any atom is 0.229 e. The van der Waals surface area contributed by atoms with Crippen LogP contribution < -0.4 is 4.43 Å². The summed E-state index contributed by atoms with van der Waals surface area (Å²) in [5.74, 6) is 1.72. The molecule has 0 bridgehead atoms. The van der Waals surface area contributed by atoms with Crippen LogP contribution in [0.2, 0.25) is 13.1 Å². The fourth-order valence-electron chi connectivity index (χ4n) is 2.29. The fraction of sp³-hybridized carbons (Fsp3) is 0.533. The largest absolute Gasteiger partial charge is 0.546 e. The minimum atomic E-state index is -1.10. The van der Waals surface area contributed by atoms with Crippen LogP contribution in [0.5, 0.6) is 5.75 Å². The maximum absolute atomic E-state index is 5.97. The van der Waals surface area contributed by atoms with Gasteiger partial charge in [0.1, 0.15) is 11.4 Å². The van der Waals surface area contributed by atoms with Crippen molar-refractivity contribution in [3.63, 3.8) is 0 Å². The Morgan fingerprint density at radius 1 is 1.42 bits per heavy atom. The van der Waals surface area contributed by atoms with Gasteiger partial charge in [-0.1, -0.05) is 13.0 Å². The van der Waals surface area contributed by atoms with Crippen LogP contribution in [-0.2, 0) is 0 Å². The highest BCUT2D eigenvalue weighted by Gasteiger charge is 2.15. The standard InChI is InChI=1S/C15H24N2OSi/c1-12-5-6-14(15(9-12)18-19(3)4)16-11-17-8-7-13(2)10-17/h5-6,9,11,13,19H,7-8,10H2,1-4H3. The van der Waals surface area contributed by atoms with Crippen LogP contribution in [0.1, 0.15) is 18.9 Å². The Kier molecular flexibility index (Phi) is 4.64. The number of likely N-dealkylation sites (tertiary alicyclic amines) is 1. The number of rotatable bonds is 4. The van der Waals surface area contributed by atoms with Crippen molar-refractivity contribution in [1.29, 1.82) is 0 Å². The van der Waals surface area contributed by atoms with E-state index in [1.54, 1.807) is 0 Å². The smallest absolute Gasteiger partial charge is 0.229 e. The number of benzene rings is 1. The van der Waals surface area contributed by atoms with Crippen molar-refractivity contribution in [1.82, 2.24) is 4.90 Å². The highest BCUT2D eigenvalue weighted by Crippen LogP contribution is 2.29. The number of nitrogens with zero attached hydrogens (tertiary/aromatic N) is 2. The van der Waals surface area contributed by atoms with Gasteiger partial charge in [-0.05, 0) is 50.1 Å². The molecule has 104 valence electrons. The van der Waals surface area contributed by atoms with E-state index in [9.17, 15) is 0 Å². The first kappa shape index (κ1) is 14.1. The first-order chi connectivity index (χ1) is 9.04. The summed E-state index contributed by atoms with van der Waals surface area (Å²) in [6.07, 6.45) is 3.24. The second-order valence-electron chi connectivity index (χ2n) is 5.77. The minimum absolute atomic E-state index is 0.781. The van der Waals surface area contributed by atoms with Crippen molar-refractivity contribution in [3.8, 4) is 5.75 Å². The Morgan fingerprint density at radius 3 is 2.84 bits per heavy atom. The molecule has 0 saturated carbocycles. The summed E-state index contributed by atoms with van der Waals surface area (Å²) < 4.78 is 5.97. The molecule has 1 atom stereocenters. The highest BCUT2D eigenvalue weighted by atomic mass is 28.3.